The summed E-state index contributed by atoms with van der Waals surface area (Å²) in [4.78, 5) is 7.66. The molecular formula is C10H15ClFN3O. The molecule has 90 valence electrons. The Morgan fingerprint density at radius 2 is 2.31 bits per heavy atom. The number of halogens is 2. The SMILES string of the molecule is CCc1ncnc(NCC(Cl)COC)c1F. The lowest BCUT2D eigenvalue weighted by Gasteiger charge is -2.11. The Balaban J connectivity index is 2.60. The molecule has 0 amide bonds. The number of alkyl halides is 1. The summed E-state index contributed by atoms with van der Waals surface area (Å²) < 4.78 is 18.5. The van der Waals surface area contributed by atoms with Gasteiger partial charge in [-0.1, -0.05) is 6.92 Å². The van der Waals surface area contributed by atoms with Crippen molar-refractivity contribution in [3.05, 3.63) is 17.8 Å². The van der Waals surface area contributed by atoms with Gasteiger partial charge >= 0.3 is 0 Å². The maximum atomic E-state index is 13.6. The Morgan fingerprint density at radius 3 is 2.94 bits per heavy atom. The van der Waals surface area contributed by atoms with Gasteiger partial charge in [-0.2, -0.15) is 0 Å². The van der Waals surface area contributed by atoms with Crippen molar-refractivity contribution in [1.29, 1.82) is 0 Å². The van der Waals surface area contributed by atoms with E-state index in [4.69, 9.17) is 16.3 Å². The maximum absolute atomic E-state index is 13.6. The Kier molecular flexibility index (Phi) is 5.42. The predicted molar refractivity (Wildman–Crippen MR) is 61.4 cm³/mol. The number of rotatable bonds is 6. The third-order valence-electron chi connectivity index (χ3n) is 2.04. The zero-order valence-electron chi connectivity index (χ0n) is 9.33. The molecule has 0 fully saturated rings. The van der Waals surface area contributed by atoms with E-state index in [9.17, 15) is 4.39 Å². The van der Waals surface area contributed by atoms with Gasteiger partial charge in [-0.3, -0.25) is 0 Å². The van der Waals surface area contributed by atoms with Gasteiger partial charge < -0.3 is 10.1 Å². The summed E-state index contributed by atoms with van der Waals surface area (Å²) in [5.41, 5.74) is 0.398. The molecule has 0 aromatic carbocycles. The molecule has 0 saturated carbocycles. The minimum absolute atomic E-state index is 0.189. The molecule has 0 spiro atoms. The van der Waals surface area contributed by atoms with Crippen LogP contribution in [0.3, 0.4) is 0 Å². The van der Waals surface area contributed by atoms with Gasteiger partial charge in [-0.15, -0.1) is 11.6 Å². The van der Waals surface area contributed by atoms with E-state index in [0.717, 1.165) is 0 Å². The van der Waals surface area contributed by atoms with Crippen LogP contribution in [0.2, 0.25) is 0 Å². The smallest absolute Gasteiger partial charge is 0.186 e. The molecule has 0 aliphatic carbocycles. The molecular weight excluding hydrogens is 233 g/mol. The summed E-state index contributed by atoms with van der Waals surface area (Å²) in [6, 6.07) is 0. The largest absolute Gasteiger partial charge is 0.383 e. The van der Waals surface area contributed by atoms with Gasteiger partial charge in [0.2, 0.25) is 0 Å². The van der Waals surface area contributed by atoms with Gasteiger partial charge in [0, 0.05) is 13.7 Å². The van der Waals surface area contributed by atoms with Crippen LogP contribution in [0, 0.1) is 5.82 Å². The highest BCUT2D eigenvalue weighted by Gasteiger charge is 2.11. The molecule has 6 heteroatoms. The lowest BCUT2D eigenvalue weighted by atomic mass is 10.3. The summed E-state index contributed by atoms with van der Waals surface area (Å²) in [5, 5.41) is 2.62. The molecule has 1 rings (SSSR count). The van der Waals surface area contributed by atoms with Crippen molar-refractivity contribution in [2.45, 2.75) is 18.7 Å². The zero-order valence-corrected chi connectivity index (χ0v) is 10.1. The molecule has 16 heavy (non-hydrogen) atoms. The molecule has 0 radical (unpaired) electrons. The van der Waals surface area contributed by atoms with Gasteiger partial charge in [-0.05, 0) is 6.42 Å². The standard InChI is InChI=1S/C10H15ClFN3O/c1-3-8-9(12)10(15-6-14-8)13-4-7(11)5-16-2/h6-7H,3-5H2,1-2H3,(H,13,14,15). The molecule has 4 nitrogen and oxygen atoms in total. The Labute approximate surface area is 99.2 Å². The van der Waals surface area contributed by atoms with E-state index in [0.29, 0.717) is 25.3 Å². The summed E-state index contributed by atoms with van der Waals surface area (Å²) in [7, 11) is 1.57. The lowest BCUT2D eigenvalue weighted by Crippen LogP contribution is -2.20. The third-order valence-corrected chi connectivity index (χ3v) is 2.32. The molecule has 0 aliphatic rings. The fraction of sp³-hybridized carbons (Fsp3) is 0.600. The number of ether oxygens (including phenoxy) is 1. The van der Waals surface area contributed by atoms with Gasteiger partial charge in [-0.25, -0.2) is 14.4 Å². The number of hydrogen-bond donors (Lipinski definition) is 1. The number of nitrogens with one attached hydrogen (secondary N) is 1. The zero-order chi connectivity index (χ0) is 12.0. The average Bonchev–Trinajstić information content (AvgIpc) is 2.28. The van der Waals surface area contributed by atoms with E-state index in [2.05, 4.69) is 15.3 Å². The lowest BCUT2D eigenvalue weighted by molar-refractivity contribution is 0.200. The number of aromatic nitrogens is 2. The van der Waals surface area contributed by atoms with Crippen LogP contribution < -0.4 is 5.32 Å². The fourth-order valence-electron chi connectivity index (χ4n) is 1.22. The number of hydrogen-bond acceptors (Lipinski definition) is 4. The van der Waals surface area contributed by atoms with E-state index in [1.807, 2.05) is 6.92 Å². The summed E-state index contributed by atoms with van der Waals surface area (Å²) >= 11 is 5.90. The number of anilines is 1. The van der Waals surface area contributed by atoms with Crippen molar-refractivity contribution in [2.24, 2.45) is 0 Å². The van der Waals surface area contributed by atoms with E-state index >= 15 is 0 Å². The van der Waals surface area contributed by atoms with Gasteiger partial charge in [0.1, 0.15) is 6.33 Å². The average molecular weight is 248 g/mol. The quantitative estimate of drug-likeness (QED) is 0.780. The van der Waals surface area contributed by atoms with E-state index in [1.165, 1.54) is 6.33 Å². The van der Waals surface area contributed by atoms with E-state index in [1.54, 1.807) is 7.11 Å². The monoisotopic (exact) mass is 247 g/mol. The molecule has 0 bridgehead atoms. The molecule has 0 saturated heterocycles. The first-order valence-corrected chi connectivity index (χ1v) is 5.48. The maximum Gasteiger partial charge on any atom is 0.186 e. The molecule has 1 aromatic heterocycles. The molecule has 1 aromatic rings. The van der Waals surface area contributed by atoms with Crippen LogP contribution in [0.4, 0.5) is 10.2 Å². The van der Waals surface area contributed by atoms with Crippen molar-refractivity contribution in [1.82, 2.24) is 9.97 Å². The second kappa shape index (κ2) is 6.60. The van der Waals surface area contributed by atoms with Crippen LogP contribution in [0.1, 0.15) is 12.6 Å². The summed E-state index contributed by atoms with van der Waals surface area (Å²) in [6.45, 7) is 2.64. The van der Waals surface area contributed by atoms with Gasteiger partial charge in [0.05, 0.1) is 17.7 Å². The topological polar surface area (TPSA) is 47.0 Å². The molecule has 1 N–H and O–H groups in total. The third kappa shape index (κ3) is 3.57. The number of nitrogens with zero attached hydrogens (tertiary/aromatic N) is 2. The Hall–Kier alpha value is -0.940. The van der Waals surface area contributed by atoms with Crippen molar-refractivity contribution in [2.75, 3.05) is 25.6 Å². The fourth-order valence-corrected chi connectivity index (χ4v) is 1.43. The first kappa shape index (κ1) is 13.1. The van der Waals surface area contributed by atoms with Crippen molar-refractivity contribution < 1.29 is 9.13 Å². The van der Waals surface area contributed by atoms with Crippen LogP contribution in [0.15, 0.2) is 6.33 Å². The minimum atomic E-state index is -0.411. The van der Waals surface area contributed by atoms with Gasteiger partial charge in [0.25, 0.3) is 0 Å². The molecule has 1 atom stereocenters. The summed E-state index contributed by atoms with van der Waals surface area (Å²) in [6.07, 6.45) is 1.87. The van der Waals surface area contributed by atoms with Crippen LogP contribution in [0.25, 0.3) is 0 Å². The Morgan fingerprint density at radius 1 is 1.56 bits per heavy atom. The molecule has 1 heterocycles. The highest BCUT2D eigenvalue weighted by atomic mass is 35.5. The first-order chi connectivity index (χ1) is 7.69. The second-order valence-corrected chi connectivity index (χ2v) is 3.89. The van der Waals surface area contributed by atoms with Gasteiger partial charge in [0.15, 0.2) is 11.6 Å². The highest BCUT2D eigenvalue weighted by molar-refractivity contribution is 6.21. The van der Waals surface area contributed by atoms with E-state index in [-0.39, 0.29) is 11.2 Å². The normalized spacial score (nSPS) is 12.5. The van der Waals surface area contributed by atoms with Crippen LogP contribution in [-0.2, 0) is 11.2 Å². The summed E-state index contributed by atoms with van der Waals surface area (Å²) in [5.74, 6) is -0.222. The number of aryl methyl sites for hydroxylation is 1. The van der Waals surface area contributed by atoms with Crippen LogP contribution in [-0.4, -0.2) is 35.6 Å². The molecule has 0 aliphatic heterocycles. The Bertz CT molecular complexity index is 338. The van der Waals surface area contributed by atoms with Crippen molar-refractivity contribution in [3.8, 4) is 0 Å². The van der Waals surface area contributed by atoms with Crippen molar-refractivity contribution in [3.63, 3.8) is 0 Å². The number of methoxy groups -OCH3 is 1. The molecule has 1 unspecified atom stereocenters. The van der Waals surface area contributed by atoms with Crippen LogP contribution in [0.5, 0.6) is 0 Å². The van der Waals surface area contributed by atoms with Crippen LogP contribution >= 0.6 is 11.6 Å². The predicted octanol–water partition coefficient (Wildman–Crippen LogP) is 1.84. The second-order valence-electron chi connectivity index (χ2n) is 3.27. The van der Waals surface area contributed by atoms with Crippen molar-refractivity contribution >= 4 is 17.4 Å². The first-order valence-electron chi connectivity index (χ1n) is 5.05. The highest BCUT2D eigenvalue weighted by Crippen LogP contribution is 2.13. The van der Waals surface area contributed by atoms with E-state index < -0.39 is 5.82 Å². The minimum Gasteiger partial charge on any atom is -0.383 e.